The Labute approximate surface area is 208 Å². The number of phenols is 1. The molecule has 2 aromatic carbocycles. The number of aromatic hydroxyl groups is 1. The van der Waals surface area contributed by atoms with Crippen molar-refractivity contribution < 1.29 is 14.7 Å². The molecule has 1 aliphatic carbocycles. The Hall–Kier alpha value is -3.03. The van der Waals surface area contributed by atoms with Crippen molar-refractivity contribution in [1.82, 2.24) is 15.1 Å². The largest absolute Gasteiger partial charge is 0.507 e. The molecule has 34 heavy (non-hydrogen) atoms. The predicted octanol–water partition coefficient (Wildman–Crippen LogP) is 6.44. The summed E-state index contributed by atoms with van der Waals surface area (Å²) >= 11 is 12.3. The fourth-order valence-electron chi connectivity index (χ4n) is 3.79. The fraction of sp³-hybridized carbons (Fsp3) is 0.320. The van der Waals surface area contributed by atoms with E-state index < -0.39 is 5.91 Å². The number of carbonyl (C=O) groups is 2. The van der Waals surface area contributed by atoms with E-state index in [1.54, 1.807) is 30.3 Å². The zero-order valence-corrected chi connectivity index (χ0v) is 20.5. The molecule has 178 valence electrons. The first-order chi connectivity index (χ1) is 16.3. The Balaban J connectivity index is 1.66. The van der Waals surface area contributed by atoms with Gasteiger partial charge in [0, 0.05) is 23.2 Å². The third-order valence-corrected chi connectivity index (χ3v) is 6.79. The monoisotopic (exact) mass is 500 g/mol. The normalized spacial score (nSPS) is 14.4. The van der Waals surface area contributed by atoms with Gasteiger partial charge in [-0.15, -0.1) is 0 Å². The molecule has 1 saturated carbocycles. The number of nitrogens with zero attached hydrogens (tertiary/aromatic N) is 2. The molecule has 7 nitrogen and oxygen atoms in total. The second-order valence-electron chi connectivity index (χ2n) is 8.54. The number of aromatic nitrogens is 2. The van der Waals surface area contributed by atoms with Crippen molar-refractivity contribution in [2.24, 2.45) is 0 Å². The highest BCUT2D eigenvalue weighted by Crippen LogP contribution is 2.39. The first kappa shape index (κ1) is 24.1. The lowest BCUT2D eigenvalue weighted by Gasteiger charge is -2.25. The maximum absolute atomic E-state index is 12.9. The molecule has 3 N–H and O–H groups in total. The number of halogens is 2. The van der Waals surface area contributed by atoms with Gasteiger partial charge in [-0.25, -0.2) is 4.79 Å². The molecule has 0 saturated heterocycles. The third-order valence-electron chi connectivity index (χ3n) is 6.16. The van der Waals surface area contributed by atoms with Crippen LogP contribution < -0.4 is 10.6 Å². The van der Waals surface area contributed by atoms with Crippen LogP contribution in [-0.2, 0) is 0 Å². The second-order valence-corrected chi connectivity index (χ2v) is 9.35. The van der Waals surface area contributed by atoms with E-state index in [0.717, 1.165) is 31.4 Å². The van der Waals surface area contributed by atoms with Gasteiger partial charge < -0.3 is 15.7 Å². The zero-order valence-electron chi connectivity index (χ0n) is 18.9. The van der Waals surface area contributed by atoms with Gasteiger partial charge in [-0.2, -0.15) is 9.78 Å². The van der Waals surface area contributed by atoms with Crippen LogP contribution in [0.25, 0.3) is 11.3 Å². The molecule has 1 aromatic heterocycles. The minimum absolute atomic E-state index is 0.0120. The van der Waals surface area contributed by atoms with E-state index in [2.05, 4.69) is 15.7 Å². The first-order valence-corrected chi connectivity index (χ1v) is 12.0. The Bertz CT molecular complexity index is 1220. The van der Waals surface area contributed by atoms with Gasteiger partial charge in [-0.1, -0.05) is 42.6 Å². The number of benzene rings is 2. The SMILES string of the molecule is CCC(C)NC(=O)n1nc(-c2cc(NC(=O)c3c(Cl)cccc3Cl)ccc2O)cc1C1CCC1. The fourth-order valence-corrected chi connectivity index (χ4v) is 4.36. The van der Waals surface area contributed by atoms with Crippen molar-refractivity contribution in [3.63, 3.8) is 0 Å². The Kier molecular flexibility index (Phi) is 7.14. The van der Waals surface area contributed by atoms with Gasteiger partial charge in [0.15, 0.2) is 0 Å². The van der Waals surface area contributed by atoms with Crippen LogP contribution in [0.5, 0.6) is 5.75 Å². The van der Waals surface area contributed by atoms with Gasteiger partial charge in [0.05, 0.1) is 27.0 Å². The van der Waals surface area contributed by atoms with Crippen molar-refractivity contribution in [3.05, 3.63) is 63.8 Å². The Morgan fingerprint density at radius 2 is 1.88 bits per heavy atom. The van der Waals surface area contributed by atoms with Crippen molar-refractivity contribution in [3.8, 4) is 17.0 Å². The molecule has 1 aliphatic rings. The molecule has 3 aromatic rings. The Morgan fingerprint density at radius 1 is 1.18 bits per heavy atom. The molecular weight excluding hydrogens is 475 g/mol. The molecule has 0 aliphatic heterocycles. The van der Waals surface area contributed by atoms with E-state index in [1.807, 2.05) is 19.9 Å². The summed E-state index contributed by atoms with van der Waals surface area (Å²) in [6.45, 7) is 3.94. The summed E-state index contributed by atoms with van der Waals surface area (Å²) < 4.78 is 1.40. The summed E-state index contributed by atoms with van der Waals surface area (Å²) in [5.41, 5.74) is 2.26. The highest BCUT2D eigenvalue weighted by Gasteiger charge is 2.28. The van der Waals surface area contributed by atoms with Gasteiger partial charge in [-0.05, 0) is 62.6 Å². The lowest BCUT2D eigenvalue weighted by Crippen LogP contribution is -2.37. The van der Waals surface area contributed by atoms with Gasteiger partial charge in [-0.3, -0.25) is 4.79 Å². The van der Waals surface area contributed by atoms with Crippen LogP contribution in [0.3, 0.4) is 0 Å². The maximum Gasteiger partial charge on any atom is 0.342 e. The van der Waals surface area contributed by atoms with Crippen LogP contribution >= 0.6 is 23.2 Å². The summed E-state index contributed by atoms with van der Waals surface area (Å²) in [7, 11) is 0. The van der Waals surface area contributed by atoms with Crippen molar-refractivity contribution in [2.45, 2.75) is 51.5 Å². The number of carbonyl (C=O) groups excluding carboxylic acids is 2. The van der Waals surface area contributed by atoms with Gasteiger partial charge >= 0.3 is 6.03 Å². The summed E-state index contributed by atoms with van der Waals surface area (Å²) in [4.78, 5) is 25.7. The molecule has 1 unspecified atom stereocenters. The van der Waals surface area contributed by atoms with Crippen molar-refractivity contribution >= 4 is 40.8 Å². The molecule has 0 radical (unpaired) electrons. The van der Waals surface area contributed by atoms with Crippen molar-refractivity contribution in [1.29, 1.82) is 0 Å². The van der Waals surface area contributed by atoms with Crippen LogP contribution in [0.2, 0.25) is 10.0 Å². The molecule has 1 atom stereocenters. The predicted molar refractivity (Wildman–Crippen MR) is 134 cm³/mol. The van der Waals surface area contributed by atoms with E-state index in [4.69, 9.17) is 23.2 Å². The van der Waals surface area contributed by atoms with E-state index in [-0.39, 0.29) is 39.3 Å². The van der Waals surface area contributed by atoms with E-state index in [0.29, 0.717) is 16.9 Å². The third kappa shape index (κ3) is 4.91. The molecule has 1 fully saturated rings. The Morgan fingerprint density at radius 3 is 2.50 bits per heavy atom. The minimum atomic E-state index is -0.471. The van der Waals surface area contributed by atoms with E-state index in [1.165, 1.54) is 10.7 Å². The number of hydrogen-bond acceptors (Lipinski definition) is 4. The molecule has 9 heteroatoms. The minimum Gasteiger partial charge on any atom is -0.507 e. The molecular formula is C25H26Cl2N4O3. The standard InChI is InChI=1S/C25H26Cl2N4O3/c1-3-14(2)28-25(34)31-21(15-6-4-7-15)13-20(30-31)17-12-16(10-11-22(17)32)29-24(33)23-18(26)8-5-9-19(23)27/h5,8-15,32H,3-4,6-7H2,1-2H3,(H,28,34)(H,29,33). The summed E-state index contributed by atoms with van der Waals surface area (Å²) in [5.74, 6) is -0.238. The highest BCUT2D eigenvalue weighted by molar-refractivity contribution is 6.40. The average molecular weight is 501 g/mol. The lowest BCUT2D eigenvalue weighted by atomic mass is 9.82. The van der Waals surface area contributed by atoms with E-state index >= 15 is 0 Å². The summed E-state index contributed by atoms with van der Waals surface area (Å²) in [6, 6.07) is 11.0. The number of nitrogens with one attached hydrogen (secondary N) is 2. The van der Waals surface area contributed by atoms with Gasteiger partial charge in [0.2, 0.25) is 0 Å². The number of phenolic OH excluding ortho intramolecular Hbond substituents is 1. The quantitative estimate of drug-likeness (QED) is 0.339. The van der Waals surface area contributed by atoms with Gasteiger partial charge in [0.1, 0.15) is 5.75 Å². The number of amides is 2. The summed E-state index contributed by atoms with van der Waals surface area (Å²) in [6.07, 6.45) is 3.89. The number of anilines is 1. The van der Waals surface area contributed by atoms with Crippen molar-refractivity contribution in [2.75, 3.05) is 5.32 Å². The lowest BCUT2D eigenvalue weighted by molar-refractivity contribution is 0.102. The summed E-state index contributed by atoms with van der Waals surface area (Å²) in [5, 5.41) is 21.3. The first-order valence-electron chi connectivity index (χ1n) is 11.3. The van der Waals surface area contributed by atoms with Crippen LogP contribution in [0.4, 0.5) is 10.5 Å². The van der Waals surface area contributed by atoms with Crippen LogP contribution in [-0.4, -0.2) is 32.9 Å². The second kappa shape index (κ2) is 10.1. The zero-order chi connectivity index (χ0) is 24.4. The molecule has 2 amide bonds. The van der Waals surface area contributed by atoms with Crippen LogP contribution in [0.15, 0.2) is 42.5 Å². The highest BCUT2D eigenvalue weighted by atomic mass is 35.5. The number of rotatable bonds is 6. The van der Waals surface area contributed by atoms with E-state index in [9.17, 15) is 14.7 Å². The molecule has 1 heterocycles. The topological polar surface area (TPSA) is 96.3 Å². The van der Waals surface area contributed by atoms with Crippen LogP contribution in [0.1, 0.15) is 61.5 Å². The maximum atomic E-state index is 12.9. The van der Waals surface area contributed by atoms with Gasteiger partial charge in [0.25, 0.3) is 5.91 Å². The average Bonchev–Trinajstić information content (AvgIpc) is 3.18. The molecule has 4 rings (SSSR count). The molecule has 0 spiro atoms. The van der Waals surface area contributed by atoms with Crippen LogP contribution in [0, 0.1) is 0 Å². The smallest absolute Gasteiger partial charge is 0.342 e. The number of hydrogen-bond donors (Lipinski definition) is 3. The molecule has 0 bridgehead atoms.